The highest BCUT2D eigenvalue weighted by atomic mass is 16.5. The Kier molecular flexibility index (Phi) is 13.5. The molecule has 10 rings (SSSR count). The summed E-state index contributed by atoms with van der Waals surface area (Å²) in [6.07, 6.45) is 10.1. The maximum Gasteiger partial charge on any atom is 0.338 e. The Morgan fingerprint density at radius 3 is 1.39 bits per heavy atom. The molecule has 0 saturated carbocycles. The average molecular weight is 941 g/mol. The quantitative estimate of drug-likeness (QED) is 0.107. The summed E-state index contributed by atoms with van der Waals surface area (Å²) in [6.45, 7) is 4.38. The summed E-state index contributed by atoms with van der Waals surface area (Å²) < 4.78 is 11.1. The van der Waals surface area contributed by atoms with E-state index in [1.165, 1.54) is 19.8 Å². The zero-order chi connectivity index (χ0) is 49.6. The van der Waals surface area contributed by atoms with Crippen LogP contribution in [0.15, 0.2) is 254 Å². The average Bonchev–Trinajstić information content (AvgIpc) is 3.44. The van der Waals surface area contributed by atoms with Gasteiger partial charge in [-0.15, -0.1) is 0 Å². The molecule has 2 aliphatic rings. The van der Waals surface area contributed by atoms with Gasteiger partial charge in [-0.05, 0) is 130 Å². The van der Waals surface area contributed by atoms with Crippen molar-refractivity contribution in [3.63, 3.8) is 0 Å². The molecule has 0 saturated heterocycles. The van der Waals surface area contributed by atoms with E-state index in [-0.39, 0.29) is 11.3 Å². The van der Waals surface area contributed by atoms with Crippen LogP contribution in [0, 0.1) is 5.92 Å². The summed E-state index contributed by atoms with van der Waals surface area (Å²) in [4.78, 5) is 32.9. The number of benzene rings is 8. The monoisotopic (exact) mass is 940 g/mol. The Bertz CT molecular complexity index is 3260. The third kappa shape index (κ3) is 9.60. The van der Waals surface area contributed by atoms with E-state index in [9.17, 15) is 9.59 Å². The first-order valence-corrected chi connectivity index (χ1v) is 24.5. The molecule has 2 aliphatic carbocycles. The van der Waals surface area contributed by atoms with E-state index in [4.69, 9.17) is 9.47 Å². The van der Waals surface area contributed by atoms with E-state index >= 15 is 0 Å². The largest absolute Gasteiger partial charge is 0.465 e. The van der Waals surface area contributed by atoms with Crippen LogP contribution in [0.5, 0.6) is 0 Å². The molecule has 0 fully saturated rings. The predicted molar refractivity (Wildman–Crippen MR) is 294 cm³/mol. The molecule has 0 aliphatic heterocycles. The van der Waals surface area contributed by atoms with Gasteiger partial charge in [-0.1, -0.05) is 190 Å². The third-order valence-electron chi connectivity index (χ3n) is 14.0. The van der Waals surface area contributed by atoms with E-state index in [0.29, 0.717) is 28.7 Å². The first kappa shape index (κ1) is 47.0. The third-order valence-corrected chi connectivity index (χ3v) is 14.0. The summed E-state index contributed by atoms with van der Waals surface area (Å²) in [5, 5.41) is 0. The molecule has 0 radical (unpaired) electrons. The first-order valence-electron chi connectivity index (χ1n) is 24.5. The van der Waals surface area contributed by atoms with Crippen LogP contribution in [0.1, 0.15) is 48.2 Å². The van der Waals surface area contributed by atoms with Crippen LogP contribution < -0.4 is 9.80 Å². The van der Waals surface area contributed by atoms with E-state index in [0.717, 1.165) is 73.9 Å². The van der Waals surface area contributed by atoms with Crippen molar-refractivity contribution in [2.24, 2.45) is 5.92 Å². The number of nitrogens with zero attached hydrogens (tertiary/aromatic N) is 2. The van der Waals surface area contributed by atoms with Crippen LogP contribution >= 0.6 is 0 Å². The second-order valence-electron chi connectivity index (χ2n) is 18.6. The summed E-state index contributed by atoms with van der Waals surface area (Å²) in [5.41, 5.74) is 15.3. The summed E-state index contributed by atoms with van der Waals surface area (Å²) in [5.74, 6) is -1.23. The van der Waals surface area contributed by atoms with E-state index in [2.05, 4.69) is 175 Å². The van der Waals surface area contributed by atoms with Crippen LogP contribution in [-0.4, -0.2) is 26.2 Å². The number of hydrogen-bond donors (Lipinski definition) is 0. The van der Waals surface area contributed by atoms with Crippen molar-refractivity contribution in [3.8, 4) is 33.4 Å². The maximum atomic E-state index is 14.3. The van der Waals surface area contributed by atoms with Crippen molar-refractivity contribution in [1.82, 2.24) is 0 Å². The molecule has 8 aromatic rings. The molecular formula is C66H56N2O4. The molecule has 72 heavy (non-hydrogen) atoms. The molecule has 8 aromatic carbocycles. The highest BCUT2D eigenvalue weighted by molar-refractivity contribution is 6.06. The van der Waals surface area contributed by atoms with Crippen molar-refractivity contribution in [2.75, 3.05) is 24.0 Å². The number of esters is 2. The lowest BCUT2D eigenvalue weighted by molar-refractivity contribution is -0.135. The van der Waals surface area contributed by atoms with Gasteiger partial charge in [0.15, 0.2) is 0 Å². The number of ether oxygens (including phenoxy) is 2. The number of hydrogen-bond acceptors (Lipinski definition) is 6. The number of rotatable bonds is 13. The molecule has 0 spiro atoms. The molecule has 0 N–H and O–H groups in total. The highest BCUT2D eigenvalue weighted by Gasteiger charge is 2.34. The second kappa shape index (κ2) is 20.7. The van der Waals surface area contributed by atoms with Gasteiger partial charge in [0.25, 0.3) is 0 Å². The predicted octanol–water partition coefficient (Wildman–Crippen LogP) is 16.1. The zero-order valence-electron chi connectivity index (χ0n) is 41.0. The van der Waals surface area contributed by atoms with Gasteiger partial charge < -0.3 is 19.3 Å². The molecule has 2 atom stereocenters. The Labute approximate surface area is 423 Å². The van der Waals surface area contributed by atoms with Gasteiger partial charge in [0, 0.05) is 39.6 Å². The van der Waals surface area contributed by atoms with Crippen LogP contribution in [0.25, 0.3) is 39.0 Å². The zero-order valence-corrected chi connectivity index (χ0v) is 41.0. The minimum atomic E-state index is -0.511. The molecular weight excluding hydrogens is 885 g/mol. The number of methoxy groups -OCH3 is 2. The second-order valence-corrected chi connectivity index (χ2v) is 18.6. The normalized spacial score (nSPS) is 16.3. The van der Waals surface area contributed by atoms with Gasteiger partial charge in [0.2, 0.25) is 0 Å². The highest BCUT2D eigenvalue weighted by Crippen LogP contribution is 2.45. The molecule has 0 aromatic heterocycles. The lowest BCUT2D eigenvalue weighted by atomic mass is 9.76. The summed E-state index contributed by atoms with van der Waals surface area (Å²) in [7, 11) is 2.80. The van der Waals surface area contributed by atoms with Crippen molar-refractivity contribution in [1.29, 1.82) is 0 Å². The number of carbonyl (C=O) groups excluding carboxylic acids is 2. The number of carbonyl (C=O) groups is 2. The van der Waals surface area contributed by atoms with Crippen LogP contribution in [0.4, 0.5) is 22.7 Å². The standard InChI is InChI=1S/C66H56N2O4/c1-46-43-59(68(56-35-29-52(30-36-56)49-21-13-7-14-22-49)57-39-41-66(2,42-40-57)53-23-15-8-16-24-53)45-62(65(70)72-4)63(46)60-38-37-58(44-61(60)64(69)71-3)67(54-31-25-50(26-32-54)47-17-9-5-10-18-47)55-33-27-51(28-34-55)48-19-11-6-12-20-48/h5-41,44-46H,42-43H2,1-4H3. The smallest absolute Gasteiger partial charge is 0.338 e. The fourth-order valence-corrected chi connectivity index (χ4v) is 10.2. The van der Waals surface area contributed by atoms with Gasteiger partial charge in [-0.3, -0.25) is 0 Å². The summed E-state index contributed by atoms with van der Waals surface area (Å²) >= 11 is 0. The van der Waals surface area contributed by atoms with E-state index in [1.54, 1.807) is 0 Å². The lowest BCUT2D eigenvalue weighted by Crippen LogP contribution is -2.29. The lowest BCUT2D eigenvalue weighted by Gasteiger charge is -2.37. The van der Waals surface area contributed by atoms with Crippen LogP contribution in [0.3, 0.4) is 0 Å². The molecule has 0 amide bonds. The van der Waals surface area contributed by atoms with Gasteiger partial charge in [-0.25, -0.2) is 9.59 Å². The minimum Gasteiger partial charge on any atom is -0.465 e. The topological polar surface area (TPSA) is 59.1 Å². The Balaban J connectivity index is 1.08. The van der Waals surface area contributed by atoms with E-state index in [1.807, 2.05) is 84.9 Å². The molecule has 6 heteroatoms. The molecule has 0 heterocycles. The molecule has 0 bridgehead atoms. The minimum absolute atomic E-state index is 0.185. The van der Waals surface area contributed by atoms with Crippen LogP contribution in [-0.2, 0) is 19.7 Å². The molecule has 6 nitrogen and oxygen atoms in total. The van der Waals surface area contributed by atoms with Crippen LogP contribution in [0.2, 0.25) is 0 Å². The Morgan fingerprint density at radius 1 is 0.514 bits per heavy atom. The van der Waals surface area contributed by atoms with Gasteiger partial charge in [-0.2, -0.15) is 0 Å². The van der Waals surface area contributed by atoms with Crippen molar-refractivity contribution in [3.05, 3.63) is 270 Å². The summed E-state index contributed by atoms with van der Waals surface area (Å²) in [6, 6.07) is 72.9. The fraction of sp³-hybridized carbons (Fsp3) is 0.121. The first-order chi connectivity index (χ1) is 35.2. The Hall–Kier alpha value is -8.74. The van der Waals surface area contributed by atoms with Crippen molar-refractivity contribution >= 4 is 40.3 Å². The van der Waals surface area contributed by atoms with Crippen molar-refractivity contribution in [2.45, 2.75) is 32.1 Å². The maximum absolute atomic E-state index is 14.3. The fourth-order valence-electron chi connectivity index (χ4n) is 10.2. The number of allylic oxidation sites excluding steroid dienone is 5. The van der Waals surface area contributed by atoms with Gasteiger partial charge >= 0.3 is 11.9 Å². The van der Waals surface area contributed by atoms with Crippen molar-refractivity contribution < 1.29 is 19.1 Å². The van der Waals surface area contributed by atoms with E-state index < -0.39 is 11.9 Å². The van der Waals surface area contributed by atoms with Gasteiger partial charge in [0.1, 0.15) is 0 Å². The SMILES string of the molecule is COC(=O)C1=C(c2ccc(N(c3ccc(-c4ccccc4)cc3)c3ccc(-c4ccccc4)cc3)cc2C(=O)OC)C(C)CC(N(C2=CCC(C)(c3ccccc3)C=C2)c2ccc(-c3ccccc3)cc2)=C1. The Morgan fingerprint density at radius 2 is 0.944 bits per heavy atom. The molecule has 2 unspecified atom stereocenters. The molecule has 354 valence electrons. The number of anilines is 4. The van der Waals surface area contributed by atoms with Gasteiger partial charge in [0.05, 0.1) is 25.4 Å².